The van der Waals surface area contributed by atoms with E-state index in [1.807, 2.05) is 0 Å². The molecule has 0 spiro atoms. The Hall–Kier alpha value is -0.580. The van der Waals surface area contributed by atoms with Crippen LogP contribution in [0.1, 0.15) is 11.7 Å². The maximum Gasteiger partial charge on any atom is 0.181 e. The molecule has 2 rings (SSSR count). The number of hydrogen-bond acceptors (Lipinski definition) is 3. The molecular formula is C8H7ClO3S. The van der Waals surface area contributed by atoms with E-state index in [1.165, 1.54) is 6.07 Å². The topological polar surface area (TPSA) is 54.4 Å². The number of aliphatic hydroxyl groups excluding tert-OH is 1. The van der Waals surface area contributed by atoms with Crippen molar-refractivity contribution in [2.75, 3.05) is 5.75 Å². The molecule has 1 aliphatic heterocycles. The summed E-state index contributed by atoms with van der Waals surface area (Å²) in [5, 5.41) is 9.75. The molecular weight excluding hydrogens is 212 g/mol. The minimum atomic E-state index is -3.31. The van der Waals surface area contributed by atoms with E-state index in [2.05, 4.69) is 0 Å². The Morgan fingerprint density at radius 1 is 1.46 bits per heavy atom. The van der Waals surface area contributed by atoms with Gasteiger partial charge >= 0.3 is 0 Å². The minimum Gasteiger partial charge on any atom is -0.387 e. The van der Waals surface area contributed by atoms with Gasteiger partial charge in [0.2, 0.25) is 0 Å². The zero-order chi connectivity index (χ0) is 9.64. The lowest BCUT2D eigenvalue weighted by Crippen LogP contribution is -2.02. The molecule has 0 bridgehead atoms. The minimum absolute atomic E-state index is 0.160. The SMILES string of the molecule is O=S1(=O)CC(O)c2c(Cl)cccc21. The van der Waals surface area contributed by atoms with Gasteiger partial charge in [-0.15, -0.1) is 0 Å². The molecule has 0 saturated carbocycles. The van der Waals surface area contributed by atoms with Crippen molar-refractivity contribution in [1.82, 2.24) is 0 Å². The molecule has 0 aliphatic carbocycles. The zero-order valence-corrected chi connectivity index (χ0v) is 8.14. The molecule has 0 radical (unpaired) electrons. The summed E-state index contributed by atoms with van der Waals surface area (Å²) in [5.74, 6) is -0.258. The van der Waals surface area contributed by atoms with E-state index in [1.54, 1.807) is 12.1 Å². The van der Waals surface area contributed by atoms with E-state index >= 15 is 0 Å². The molecule has 5 heteroatoms. The first-order chi connectivity index (χ1) is 6.02. The Labute approximate surface area is 80.9 Å². The van der Waals surface area contributed by atoms with Crippen LogP contribution in [0.15, 0.2) is 23.1 Å². The van der Waals surface area contributed by atoms with Gasteiger partial charge in [-0.05, 0) is 12.1 Å². The second kappa shape index (κ2) is 2.70. The van der Waals surface area contributed by atoms with Crippen molar-refractivity contribution in [3.05, 3.63) is 28.8 Å². The van der Waals surface area contributed by atoms with Crippen molar-refractivity contribution >= 4 is 21.4 Å². The first-order valence-electron chi connectivity index (χ1n) is 3.71. The molecule has 3 nitrogen and oxygen atoms in total. The van der Waals surface area contributed by atoms with Crippen molar-refractivity contribution < 1.29 is 13.5 Å². The van der Waals surface area contributed by atoms with Crippen LogP contribution in [0.4, 0.5) is 0 Å². The number of fused-ring (bicyclic) bond motifs is 1. The summed E-state index contributed by atoms with van der Waals surface area (Å²) >= 11 is 5.77. The third-order valence-corrected chi connectivity index (χ3v) is 4.17. The maximum atomic E-state index is 11.4. The molecule has 0 saturated heterocycles. The van der Waals surface area contributed by atoms with Gasteiger partial charge in [-0.25, -0.2) is 8.42 Å². The van der Waals surface area contributed by atoms with Crippen molar-refractivity contribution in [1.29, 1.82) is 0 Å². The highest BCUT2D eigenvalue weighted by molar-refractivity contribution is 7.91. The summed E-state index contributed by atoms with van der Waals surface area (Å²) < 4.78 is 22.8. The van der Waals surface area contributed by atoms with Gasteiger partial charge in [-0.1, -0.05) is 17.7 Å². The van der Waals surface area contributed by atoms with Crippen molar-refractivity contribution in [3.63, 3.8) is 0 Å². The fourth-order valence-electron chi connectivity index (χ4n) is 1.49. The van der Waals surface area contributed by atoms with Gasteiger partial charge < -0.3 is 5.11 Å². The molecule has 1 aromatic carbocycles. The molecule has 1 N–H and O–H groups in total. The fraction of sp³-hybridized carbons (Fsp3) is 0.250. The highest BCUT2D eigenvalue weighted by Crippen LogP contribution is 2.37. The molecule has 0 amide bonds. The van der Waals surface area contributed by atoms with Crippen LogP contribution in [0.2, 0.25) is 5.02 Å². The lowest BCUT2D eigenvalue weighted by molar-refractivity contribution is 0.204. The van der Waals surface area contributed by atoms with E-state index < -0.39 is 15.9 Å². The van der Waals surface area contributed by atoms with Crippen LogP contribution in [-0.4, -0.2) is 19.3 Å². The highest BCUT2D eigenvalue weighted by atomic mass is 35.5. The van der Waals surface area contributed by atoms with Gasteiger partial charge in [0.1, 0.15) is 0 Å². The average Bonchev–Trinajstić information content (AvgIpc) is 2.24. The smallest absolute Gasteiger partial charge is 0.181 e. The Morgan fingerprint density at radius 3 is 2.77 bits per heavy atom. The predicted octanol–water partition coefficient (Wildman–Crippen LogP) is 1.16. The van der Waals surface area contributed by atoms with E-state index in [4.69, 9.17) is 11.6 Å². The number of rotatable bonds is 0. The van der Waals surface area contributed by atoms with Crippen molar-refractivity contribution in [3.8, 4) is 0 Å². The van der Waals surface area contributed by atoms with Gasteiger partial charge in [-0.3, -0.25) is 0 Å². The Bertz CT molecular complexity index is 452. The van der Waals surface area contributed by atoms with Crippen molar-refractivity contribution in [2.24, 2.45) is 0 Å². The largest absolute Gasteiger partial charge is 0.387 e. The van der Waals surface area contributed by atoms with Gasteiger partial charge in [-0.2, -0.15) is 0 Å². The summed E-state index contributed by atoms with van der Waals surface area (Å²) in [6, 6.07) is 4.61. The quantitative estimate of drug-likeness (QED) is 0.711. The van der Waals surface area contributed by atoms with E-state index in [0.29, 0.717) is 10.6 Å². The van der Waals surface area contributed by atoms with Crippen LogP contribution in [0.3, 0.4) is 0 Å². The second-order valence-electron chi connectivity index (χ2n) is 2.95. The Balaban J connectivity index is 2.80. The monoisotopic (exact) mass is 218 g/mol. The third-order valence-electron chi connectivity index (χ3n) is 2.06. The normalized spacial score (nSPS) is 24.3. The van der Waals surface area contributed by atoms with E-state index in [9.17, 15) is 13.5 Å². The predicted molar refractivity (Wildman–Crippen MR) is 48.5 cm³/mol. The molecule has 70 valence electrons. The van der Waals surface area contributed by atoms with Crippen LogP contribution in [0.25, 0.3) is 0 Å². The molecule has 1 aromatic rings. The molecule has 1 aliphatic rings. The third kappa shape index (κ3) is 1.25. The molecule has 1 heterocycles. The fourth-order valence-corrected chi connectivity index (χ4v) is 3.48. The molecule has 0 aromatic heterocycles. The maximum absolute atomic E-state index is 11.4. The van der Waals surface area contributed by atoms with Gasteiger partial charge in [0.05, 0.1) is 16.8 Å². The molecule has 13 heavy (non-hydrogen) atoms. The van der Waals surface area contributed by atoms with Gasteiger partial charge in [0.15, 0.2) is 9.84 Å². The van der Waals surface area contributed by atoms with Crippen LogP contribution in [0, 0.1) is 0 Å². The van der Waals surface area contributed by atoms with E-state index in [-0.39, 0.29) is 10.6 Å². The first kappa shape index (κ1) is 8.99. The van der Waals surface area contributed by atoms with Gasteiger partial charge in [0.25, 0.3) is 0 Å². The number of aliphatic hydroxyl groups is 1. The average molecular weight is 219 g/mol. The van der Waals surface area contributed by atoms with Gasteiger partial charge in [0, 0.05) is 10.6 Å². The summed E-state index contributed by atoms with van der Waals surface area (Å²) in [4.78, 5) is 0.160. The summed E-state index contributed by atoms with van der Waals surface area (Å²) in [7, 11) is -3.31. The molecule has 1 unspecified atom stereocenters. The molecule has 1 atom stereocenters. The number of hydrogen-bond donors (Lipinski definition) is 1. The lowest BCUT2D eigenvalue weighted by atomic mass is 10.1. The molecule has 0 fully saturated rings. The number of benzene rings is 1. The highest BCUT2D eigenvalue weighted by Gasteiger charge is 2.34. The Morgan fingerprint density at radius 2 is 2.15 bits per heavy atom. The zero-order valence-electron chi connectivity index (χ0n) is 6.57. The number of halogens is 1. The van der Waals surface area contributed by atoms with Crippen molar-refractivity contribution in [2.45, 2.75) is 11.0 Å². The summed E-state index contributed by atoms with van der Waals surface area (Å²) in [6.45, 7) is 0. The van der Waals surface area contributed by atoms with Crippen LogP contribution in [0.5, 0.6) is 0 Å². The van der Waals surface area contributed by atoms with Crippen LogP contribution >= 0.6 is 11.6 Å². The summed E-state index contributed by atoms with van der Waals surface area (Å²) in [5.41, 5.74) is 0.337. The van der Waals surface area contributed by atoms with Crippen LogP contribution in [-0.2, 0) is 9.84 Å². The first-order valence-corrected chi connectivity index (χ1v) is 5.74. The second-order valence-corrected chi connectivity index (χ2v) is 5.36. The summed E-state index contributed by atoms with van der Waals surface area (Å²) in [6.07, 6.45) is -0.978. The number of sulfone groups is 1. The lowest BCUT2D eigenvalue weighted by Gasteiger charge is -2.02. The Kier molecular flexibility index (Phi) is 1.87. The van der Waals surface area contributed by atoms with Crippen LogP contribution < -0.4 is 0 Å². The standard InChI is InChI=1S/C8H7ClO3S/c9-5-2-1-3-7-8(5)6(10)4-13(7,11)12/h1-3,6,10H,4H2. The van der Waals surface area contributed by atoms with E-state index in [0.717, 1.165) is 0 Å².